The lowest BCUT2D eigenvalue weighted by Gasteiger charge is -2.36. The van der Waals surface area contributed by atoms with Gasteiger partial charge < -0.3 is 16.0 Å². The first-order chi connectivity index (χ1) is 8.65. The Morgan fingerprint density at radius 2 is 2.39 bits per heavy atom. The second-order valence-corrected chi connectivity index (χ2v) is 4.48. The number of benzene rings is 1. The smallest absolute Gasteiger partial charge is 0.275 e. The summed E-state index contributed by atoms with van der Waals surface area (Å²) in [4.78, 5) is 12.8. The van der Waals surface area contributed by atoms with Crippen molar-refractivity contribution < 1.29 is 4.92 Å². The summed E-state index contributed by atoms with van der Waals surface area (Å²) >= 11 is 0. The van der Waals surface area contributed by atoms with Gasteiger partial charge >= 0.3 is 0 Å². The lowest BCUT2D eigenvalue weighted by Crippen LogP contribution is -2.50. The molecule has 0 radical (unpaired) electrons. The van der Waals surface area contributed by atoms with Crippen LogP contribution in [0.1, 0.15) is 12.5 Å². The second-order valence-electron chi connectivity index (χ2n) is 4.48. The van der Waals surface area contributed by atoms with Crippen molar-refractivity contribution in [3.63, 3.8) is 0 Å². The molecule has 2 rings (SSSR count). The quantitative estimate of drug-likeness (QED) is 0.613. The predicted molar refractivity (Wildman–Crippen MR) is 70.7 cm³/mol. The van der Waals surface area contributed by atoms with Crippen LogP contribution in [0.2, 0.25) is 0 Å². The lowest BCUT2D eigenvalue weighted by molar-refractivity contribution is -0.385. The zero-order chi connectivity index (χ0) is 13.1. The van der Waals surface area contributed by atoms with Gasteiger partial charge in [0.25, 0.3) is 5.69 Å². The molecule has 1 aliphatic heterocycles. The molecule has 0 spiro atoms. The molecule has 3 N–H and O–H groups in total. The van der Waals surface area contributed by atoms with Crippen LogP contribution in [0, 0.1) is 10.1 Å². The number of hydrogen-bond acceptors (Lipinski definition) is 5. The van der Waals surface area contributed by atoms with Gasteiger partial charge in [0.15, 0.2) is 0 Å². The first-order valence-corrected chi connectivity index (χ1v) is 6.09. The first-order valence-electron chi connectivity index (χ1n) is 6.09. The van der Waals surface area contributed by atoms with Crippen molar-refractivity contribution in [2.75, 3.05) is 24.5 Å². The fourth-order valence-electron chi connectivity index (χ4n) is 2.41. The molecule has 1 atom stereocenters. The maximum atomic E-state index is 11.0. The van der Waals surface area contributed by atoms with E-state index in [2.05, 4.69) is 17.1 Å². The number of nitrogens with two attached hydrogens (primary N) is 1. The third-order valence-electron chi connectivity index (χ3n) is 3.34. The van der Waals surface area contributed by atoms with Gasteiger partial charge in [-0.1, -0.05) is 6.07 Å². The summed E-state index contributed by atoms with van der Waals surface area (Å²) in [5.74, 6) is 0. The molecule has 18 heavy (non-hydrogen) atoms. The summed E-state index contributed by atoms with van der Waals surface area (Å²) < 4.78 is 0. The van der Waals surface area contributed by atoms with Gasteiger partial charge in [0.2, 0.25) is 0 Å². The number of piperazine rings is 1. The van der Waals surface area contributed by atoms with E-state index in [1.54, 1.807) is 6.07 Å². The van der Waals surface area contributed by atoms with Gasteiger partial charge in [-0.15, -0.1) is 0 Å². The molecule has 0 saturated carbocycles. The molecule has 1 unspecified atom stereocenters. The van der Waals surface area contributed by atoms with Crippen molar-refractivity contribution in [3.05, 3.63) is 33.9 Å². The Hall–Kier alpha value is -1.66. The van der Waals surface area contributed by atoms with Crippen LogP contribution in [0.4, 0.5) is 11.4 Å². The molecule has 0 aliphatic carbocycles. The summed E-state index contributed by atoms with van der Waals surface area (Å²) in [6, 6.07) is 5.46. The SMILES string of the molecule is CC1CNCCN1c1cccc([N+](=O)[O-])c1CN. The maximum absolute atomic E-state index is 11.0. The molecular formula is C12H18N4O2. The predicted octanol–water partition coefficient (Wildman–Crippen LogP) is 0.852. The van der Waals surface area contributed by atoms with Gasteiger partial charge in [0, 0.05) is 44.0 Å². The number of rotatable bonds is 3. The van der Waals surface area contributed by atoms with Crippen LogP contribution in [-0.4, -0.2) is 30.6 Å². The number of hydrogen-bond donors (Lipinski definition) is 2. The van der Waals surface area contributed by atoms with Crippen molar-refractivity contribution in [1.29, 1.82) is 0 Å². The highest BCUT2D eigenvalue weighted by atomic mass is 16.6. The largest absolute Gasteiger partial charge is 0.366 e. The normalized spacial score (nSPS) is 19.9. The third kappa shape index (κ3) is 2.30. The number of nitro groups is 1. The molecule has 1 saturated heterocycles. The van der Waals surface area contributed by atoms with Gasteiger partial charge in [-0.05, 0) is 13.0 Å². The number of nitrogens with one attached hydrogen (secondary N) is 1. The van der Waals surface area contributed by atoms with E-state index in [9.17, 15) is 10.1 Å². The Morgan fingerprint density at radius 3 is 3.00 bits per heavy atom. The Balaban J connectivity index is 2.43. The van der Waals surface area contributed by atoms with E-state index in [0.29, 0.717) is 11.6 Å². The van der Waals surface area contributed by atoms with E-state index < -0.39 is 0 Å². The number of nitrogens with zero attached hydrogens (tertiary/aromatic N) is 2. The highest BCUT2D eigenvalue weighted by Gasteiger charge is 2.24. The Kier molecular flexibility index (Phi) is 3.78. The molecule has 0 bridgehead atoms. The van der Waals surface area contributed by atoms with Gasteiger partial charge in [0.1, 0.15) is 0 Å². The van der Waals surface area contributed by atoms with Gasteiger partial charge in [0.05, 0.1) is 10.5 Å². The van der Waals surface area contributed by atoms with E-state index >= 15 is 0 Å². The van der Waals surface area contributed by atoms with Crippen LogP contribution in [0.3, 0.4) is 0 Å². The summed E-state index contributed by atoms with van der Waals surface area (Å²) in [7, 11) is 0. The first kappa shape index (κ1) is 12.8. The Bertz CT molecular complexity index is 450. The van der Waals surface area contributed by atoms with Crippen molar-refractivity contribution in [3.8, 4) is 0 Å². The van der Waals surface area contributed by atoms with Crippen LogP contribution in [-0.2, 0) is 6.54 Å². The fourth-order valence-corrected chi connectivity index (χ4v) is 2.41. The summed E-state index contributed by atoms with van der Waals surface area (Å²) in [6.45, 7) is 4.90. The minimum absolute atomic E-state index is 0.112. The van der Waals surface area contributed by atoms with Crippen LogP contribution in [0.25, 0.3) is 0 Å². The lowest BCUT2D eigenvalue weighted by atomic mass is 10.1. The van der Waals surface area contributed by atoms with E-state index in [-0.39, 0.29) is 17.2 Å². The zero-order valence-corrected chi connectivity index (χ0v) is 10.4. The maximum Gasteiger partial charge on any atom is 0.275 e. The van der Waals surface area contributed by atoms with Crippen molar-refractivity contribution >= 4 is 11.4 Å². The molecule has 6 nitrogen and oxygen atoms in total. The van der Waals surface area contributed by atoms with E-state index in [1.165, 1.54) is 6.07 Å². The van der Waals surface area contributed by atoms with Crippen molar-refractivity contribution in [1.82, 2.24) is 5.32 Å². The molecule has 1 aromatic rings. The molecule has 1 aliphatic rings. The fraction of sp³-hybridized carbons (Fsp3) is 0.500. The van der Waals surface area contributed by atoms with Crippen LogP contribution in [0.5, 0.6) is 0 Å². The van der Waals surface area contributed by atoms with Gasteiger partial charge in [-0.3, -0.25) is 10.1 Å². The Labute approximate surface area is 106 Å². The van der Waals surface area contributed by atoms with Crippen LogP contribution in [0.15, 0.2) is 18.2 Å². The van der Waals surface area contributed by atoms with Gasteiger partial charge in [-0.25, -0.2) is 0 Å². The Morgan fingerprint density at radius 1 is 1.61 bits per heavy atom. The molecule has 0 amide bonds. The summed E-state index contributed by atoms with van der Waals surface area (Å²) in [5, 5.41) is 14.3. The van der Waals surface area contributed by atoms with Crippen LogP contribution < -0.4 is 16.0 Å². The molecule has 1 heterocycles. The molecule has 1 aromatic carbocycles. The zero-order valence-electron chi connectivity index (χ0n) is 10.4. The number of nitro benzene ring substituents is 1. The average Bonchev–Trinajstić information content (AvgIpc) is 2.38. The summed E-state index contributed by atoms with van der Waals surface area (Å²) in [5.41, 5.74) is 7.32. The minimum Gasteiger partial charge on any atom is -0.366 e. The second kappa shape index (κ2) is 5.32. The van der Waals surface area contributed by atoms with E-state index in [1.807, 2.05) is 6.07 Å². The molecule has 6 heteroatoms. The number of anilines is 1. The molecule has 98 valence electrons. The third-order valence-corrected chi connectivity index (χ3v) is 3.34. The molecular weight excluding hydrogens is 232 g/mol. The van der Waals surface area contributed by atoms with Crippen LogP contribution >= 0.6 is 0 Å². The monoisotopic (exact) mass is 250 g/mol. The van der Waals surface area contributed by atoms with Gasteiger partial charge in [-0.2, -0.15) is 0 Å². The molecule has 1 fully saturated rings. The standard InChI is InChI=1S/C12H18N4O2/c1-9-8-14-5-6-15(9)11-3-2-4-12(16(17)18)10(11)7-13/h2-4,9,14H,5-8,13H2,1H3. The average molecular weight is 250 g/mol. The molecule has 0 aromatic heterocycles. The van der Waals surface area contributed by atoms with E-state index in [0.717, 1.165) is 25.3 Å². The highest BCUT2D eigenvalue weighted by molar-refractivity contribution is 5.62. The highest BCUT2D eigenvalue weighted by Crippen LogP contribution is 2.30. The minimum atomic E-state index is -0.363. The topological polar surface area (TPSA) is 84.4 Å². The summed E-state index contributed by atoms with van der Waals surface area (Å²) in [6.07, 6.45) is 0. The van der Waals surface area contributed by atoms with Crippen molar-refractivity contribution in [2.24, 2.45) is 5.73 Å². The van der Waals surface area contributed by atoms with E-state index in [4.69, 9.17) is 5.73 Å². The van der Waals surface area contributed by atoms with Crippen molar-refractivity contribution in [2.45, 2.75) is 19.5 Å².